The van der Waals surface area contributed by atoms with Crippen molar-refractivity contribution in [3.05, 3.63) is 70.9 Å². The number of likely N-dealkylation sites (tertiary alicyclic amines) is 1. The van der Waals surface area contributed by atoms with Gasteiger partial charge in [-0.05, 0) is 19.1 Å². The van der Waals surface area contributed by atoms with Gasteiger partial charge in [0.25, 0.3) is 5.91 Å². The zero-order valence-corrected chi connectivity index (χ0v) is 18.3. The molecule has 1 N–H and O–H groups in total. The van der Waals surface area contributed by atoms with Crippen LogP contribution in [0.25, 0.3) is 0 Å². The van der Waals surface area contributed by atoms with Crippen LogP contribution in [0.3, 0.4) is 0 Å². The number of quaternary nitrogens is 1. The second kappa shape index (κ2) is 10.0. The third-order valence-corrected chi connectivity index (χ3v) is 6.22. The van der Waals surface area contributed by atoms with Crippen LogP contribution in [0.4, 0.5) is 0 Å². The average molecular weight is 444 g/mol. The third kappa shape index (κ3) is 5.48. The Morgan fingerprint density at radius 2 is 1.94 bits per heavy atom. The van der Waals surface area contributed by atoms with E-state index in [2.05, 4.69) is 15.5 Å². The van der Waals surface area contributed by atoms with E-state index in [4.69, 9.17) is 17.6 Å². The summed E-state index contributed by atoms with van der Waals surface area (Å²) in [5, 5.41) is 6.05. The number of aromatic nitrogens is 1. The second-order valence-corrected chi connectivity index (χ2v) is 8.63. The van der Waals surface area contributed by atoms with Crippen molar-refractivity contribution in [2.24, 2.45) is 5.18 Å². The van der Waals surface area contributed by atoms with E-state index in [1.165, 1.54) is 6.20 Å². The van der Waals surface area contributed by atoms with Crippen LogP contribution >= 0.6 is 12.8 Å². The summed E-state index contributed by atoms with van der Waals surface area (Å²) in [6.45, 7) is 3.53. The fraction of sp³-hybridized carbons (Fsp3) is 0.409. The lowest BCUT2D eigenvalue weighted by Gasteiger charge is -2.43. The topological polar surface area (TPSA) is 97.7 Å². The second-order valence-electron chi connectivity index (χ2n) is 7.78. The monoisotopic (exact) mass is 443 g/mol. The smallest absolute Gasteiger partial charge is 0.331 e. The molecule has 1 aliphatic rings. The van der Waals surface area contributed by atoms with Gasteiger partial charge in [-0.15, -0.1) is 0 Å². The van der Waals surface area contributed by atoms with E-state index < -0.39 is 23.5 Å². The largest absolute Gasteiger partial charge is 0.464 e. The Kier molecular flexibility index (Phi) is 7.40. The van der Waals surface area contributed by atoms with Gasteiger partial charge in [0.15, 0.2) is 6.04 Å². The average Bonchev–Trinajstić information content (AvgIpc) is 2.79. The molecule has 2 aromatic rings. The van der Waals surface area contributed by atoms with Gasteiger partial charge in [-0.1, -0.05) is 35.5 Å². The van der Waals surface area contributed by atoms with Crippen LogP contribution in [0, 0.1) is 4.91 Å². The van der Waals surface area contributed by atoms with Crippen molar-refractivity contribution in [2.75, 3.05) is 19.7 Å². The van der Waals surface area contributed by atoms with Crippen molar-refractivity contribution in [1.29, 1.82) is 0 Å². The Balaban J connectivity index is 1.79. The standard InChI is InChI=1S/C22H26N4O4S/c1-2-30-21(28)19(24-20(27)18-9-6-12-23-15-18)22(25-29)10-13-26(31,14-11-22)16-17-7-4-3-5-8-17/h3-9,12,15,19,31H,2,10-11,13-14,16H2,1H3/p+1. The highest BCUT2D eigenvalue weighted by atomic mass is 32.1. The van der Waals surface area contributed by atoms with E-state index in [0.717, 1.165) is 5.56 Å². The van der Waals surface area contributed by atoms with Crippen molar-refractivity contribution in [3.8, 4) is 0 Å². The number of ether oxygens (including phenoxy) is 1. The molecule has 1 aromatic heterocycles. The maximum Gasteiger partial charge on any atom is 0.331 e. The van der Waals surface area contributed by atoms with E-state index in [0.29, 0.717) is 36.4 Å². The van der Waals surface area contributed by atoms with Gasteiger partial charge in [-0.25, -0.2) is 4.79 Å². The Morgan fingerprint density at radius 1 is 1.23 bits per heavy atom. The van der Waals surface area contributed by atoms with Crippen molar-refractivity contribution in [1.82, 2.24) is 10.3 Å². The highest BCUT2D eigenvalue weighted by Crippen LogP contribution is 2.36. The molecule has 31 heavy (non-hydrogen) atoms. The summed E-state index contributed by atoms with van der Waals surface area (Å²) in [4.78, 5) is 41.5. The number of carbonyl (C=O) groups is 2. The molecule has 164 valence electrons. The number of hydrogen-bond donors (Lipinski definition) is 2. The molecule has 1 aliphatic heterocycles. The number of rotatable bonds is 8. The fourth-order valence-corrected chi connectivity index (χ4v) is 4.27. The lowest BCUT2D eigenvalue weighted by Crippen LogP contribution is -2.62. The molecule has 0 spiro atoms. The number of amides is 1. The van der Waals surface area contributed by atoms with Crippen LogP contribution in [0.2, 0.25) is 0 Å². The number of nitrogens with zero attached hydrogens (tertiary/aromatic N) is 3. The van der Waals surface area contributed by atoms with Gasteiger partial charge in [0.1, 0.15) is 12.1 Å². The van der Waals surface area contributed by atoms with Crippen molar-refractivity contribution in [2.45, 2.75) is 37.9 Å². The number of benzene rings is 1. The minimum absolute atomic E-state index is 0.133. The zero-order valence-electron chi connectivity index (χ0n) is 17.4. The predicted octanol–water partition coefficient (Wildman–Crippen LogP) is 2.90. The van der Waals surface area contributed by atoms with E-state index in [1.54, 1.807) is 25.3 Å². The molecular formula is C22H27N4O4S+. The summed E-state index contributed by atoms with van der Waals surface area (Å²) >= 11 is 4.85. The fourth-order valence-electron chi connectivity index (χ4n) is 3.90. The molecule has 3 rings (SSSR count). The number of esters is 1. The summed E-state index contributed by atoms with van der Waals surface area (Å²) < 4.78 is 5.60. The minimum atomic E-state index is -1.30. The molecule has 0 saturated carbocycles. The molecule has 1 amide bonds. The Hall–Kier alpha value is -2.78. The van der Waals surface area contributed by atoms with Crippen LogP contribution in [0.1, 0.15) is 35.7 Å². The number of piperidine rings is 1. The van der Waals surface area contributed by atoms with Gasteiger partial charge in [0.2, 0.25) is 0 Å². The molecule has 9 heteroatoms. The van der Waals surface area contributed by atoms with Gasteiger partial charge in [0, 0.05) is 30.8 Å². The summed E-state index contributed by atoms with van der Waals surface area (Å²) in [7, 11) is 0. The van der Waals surface area contributed by atoms with Gasteiger partial charge in [-0.3, -0.25) is 13.7 Å². The van der Waals surface area contributed by atoms with Crippen molar-refractivity contribution < 1.29 is 18.2 Å². The summed E-state index contributed by atoms with van der Waals surface area (Å²) in [5.74, 6) is -1.17. The molecule has 1 aromatic carbocycles. The van der Waals surface area contributed by atoms with Crippen molar-refractivity contribution >= 4 is 24.7 Å². The molecule has 2 heterocycles. The first-order valence-electron chi connectivity index (χ1n) is 10.3. The SMILES string of the molecule is CCOC(=O)C(NC(=O)c1cccnc1)C1(N=O)CC[N+](S)(Cc2ccccc2)CC1. The number of thiol groups is 1. The van der Waals surface area contributed by atoms with Gasteiger partial charge >= 0.3 is 5.97 Å². The first kappa shape index (κ1) is 22.9. The van der Waals surface area contributed by atoms with Gasteiger partial charge < -0.3 is 10.1 Å². The number of nitrogens with one attached hydrogen (secondary N) is 1. The molecule has 1 atom stereocenters. The van der Waals surface area contributed by atoms with Crippen LogP contribution in [0.5, 0.6) is 0 Å². The maximum absolute atomic E-state index is 12.8. The quantitative estimate of drug-likeness (QED) is 0.283. The first-order chi connectivity index (χ1) is 14.9. The molecule has 0 radical (unpaired) electrons. The maximum atomic E-state index is 12.8. The first-order valence-corrected chi connectivity index (χ1v) is 10.7. The van der Waals surface area contributed by atoms with E-state index >= 15 is 0 Å². The summed E-state index contributed by atoms with van der Waals surface area (Å²) in [6, 6.07) is 12.0. The molecule has 0 aliphatic carbocycles. The summed E-state index contributed by atoms with van der Waals surface area (Å²) in [5.41, 5.74) is 0.124. The Bertz CT molecular complexity index is 902. The minimum Gasteiger partial charge on any atom is -0.464 e. The van der Waals surface area contributed by atoms with Crippen molar-refractivity contribution in [3.63, 3.8) is 0 Å². The number of hydrogen-bond acceptors (Lipinski definition) is 7. The molecule has 1 fully saturated rings. The van der Waals surface area contributed by atoms with Gasteiger partial charge in [0.05, 0.1) is 38.1 Å². The Labute approximate surface area is 187 Å². The highest BCUT2D eigenvalue weighted by molar-refractivity contribution is 7.74. The van der Waals surface area contributed by atoms with Crippen LogP contribution < -0.4 is 5.32 Å². The summed E-state index contributed by atoms with van der Waals surface area (Å²) in [6.07, 6.45) is 3.54. The lowest BCUT2D eigenvalue weighted by molar-refractivity contribution is -0.813. The lowest BCUT2D eigenvalue weighted by atomic mass is 9.81. The van der Waals surface area contributed by atoms with Crippen LogP contribution in [-0.4, -0.2) is 52.0 Å². The van der Waals surface area contributed by atoms with Gasteiger partial charge in [-0.2, -0.15) is 4.91 Å². The molecule has 8 nitrogen and oxygen atoms in total. The van der Waals surface area contributed by atoms with E-state index in [9.17, 15) is 14.5 Å². The van der Waals surface area contributed by atoms with Crippen LogP contribution in [0.15, 0.2) is 60.0 Å². The van der Waals surface area contributed by atoms with E-state index in [1.807, 2.05) is 30.3 Å². The van der Waals surface area contributed by atoms with E-state index in [-0.39, 0.29) is 12.2 Å². The molecule has 1 saturated heterocycles. The third-order valence-electron chi connectivity index (χ3n) is 5.68. The molecular weight excluding hydrogens is 416 g/mol. The zero-order chi connectivity index (χ0) is 22.3. The highest BCUT2D eigenvalue weighted by Gasteiger charge is 2.52. The van der Waals surface area contributed by atoms with Crippen LogP contribution in [-0.2, 0) is 16.1 Å². The number of carbonyl (C=O) groups excluding carboxylic acids is 2. The Morgan fingerprint density at radius 3 is 2.52 bits per heavy atom. The number of pyridine rings is 1. The predicted molar refractivity (Wildman–Crippen MR) is 119 cm³/mol. The molecule has 0 bridgehead atoms. The normalized spacial score (nSPS) is 24.1. The number of nitroso groups, excluding NO2 is 1. The molecule has 1 unspecified atom stereocenters.